The molecule has 1 heterocycles. The van der Waals surface area contributed by atoms with Gasteiger partial charge in [0.05, 0.1) is 30.1 Å². The van der Waals surface area contributed by atoms with Crippen LogP contribution >= 0.6 is 11.6 Å². The summed E-state index contributed by atoms with van der Waals surface area (Å²) in [5.41, 5.74) is 2.83. The summed E-state index contributed by atoms with van der Waals surface area (Å²) in [4.78, 5) is 15.0. The highest BCUT2D eigenvalue weighted by molar-refractivity contribution is 6.33. The Bertz CT molecular complexity index is 986. The first-order valence-corrected chi connectivity index (χ1v) is 9.69. The van der Waals surface area contributed by atoms with Crippen LogP contribution in [0.25, 0.3) is 5.69 Å². The minimum absolute atomic E-state index is 0.0164. The van der Waals surface area contributed by atoms with Crippen LogP contribution in [0, 0.1) is 6.92 Å². The van der Waals surface area contributed by atoms with Gasteiger partial charge in [-0.15, -0.1) is 0 Å². The van der Waals surface area contributed by atoms with Crippen LogP contribution in [-0.2, 0) is 0 Å². The number of hydrogen-bond acceptors (Lipinski definition) is 4. The number of aryl methyl sites for hydroxylation is 1. The van der Waals surface area contributed by atoms with E-state index in [0.717, 1.165) is 17.0 Å². The zero-order chi connectivity index (χ0) is 21.0. The van der Waals surface area contributed by atoms with Gasteiger partial charge < -0.3 is 15.0 Å². The van der Waals surface area contributed by atoms with Gasteiger partial charge in [0.2, 0.25) is 0 Å². The lowest BCUT2D eigenvalue weighted by Crippen LogP contribution is -2.34. The number of nitrogens with one attached hydrogen (secondary N) is 1. The molecule has 0 saturated carbocycles. The first kappa shape index (κ1) is 20.9. The summed E-state index contributed by atoms with van der Waals surface area (Å²) in [6.07, 6.45) is 0. The first-order chi connectivity index (χ1) is 13.9. The van der Waals surface area contributed by atoms with E-state index >= 15 is 0 Å². The molecule has 1 aromatic heterocycles. The Morgan fingerprint density at radius 1 is 1.21 bits per heavy atom. The van der Waals surface area contributed by atoms with E-state index in [1.54, 1.807) is 18.7 Å². The summed E-state index contributed by atoms with van der Waals surface area (Å²) in [5.74, 6) is 0.535. The lowest BCUT2D eigenvalue weighted by atomic mass is 10.1. The van der Waals surface area contributed by atoms with Gasteiger partial charge in [0.15, 0.2) is 0 Å². The lowest BCUT2D eigenvalue weighted by Gasteiger charge is -2.25. The summed E-state index contributed by atoms with van der Waals surface area (Å²) < 4.78 is 6.90. The molecule has 0 aliphatic heterocycles. The van der Waals surface area contributed by atoms with E-state index in [4.69, 9.17) is 16.3 Å². The Morgan fingerprint density at radius 3 is 2.59 bits per heavy atom. The molecule has 1 atom stereocenters. The number of rotatable bonds is 7. The smallest absolute Gasteiger partial charge is 0.256 e. The number of aromatic nitrogens is 2. The van der Waals surface area contributed by atoms with Gasteiger partial charge in [-0.1, -0.05) is 41.9 Å². The van der Waals surface area contributed by atoms with E-state index in [2.05, 4.69) is 15.3 Å². The van der Waals surface area contributed by atoms with Crippen LogP contribution in [-0.4, -0.2) is 48.3 Å². The van der Waals surface area contributed by atoms with E-state index in [1.165, 1.54) is 0 Å². The molecular formula is C22H25ClN4O2. The number of nitrogens with zero attached hydrogens (tertiary/aromatic N) is 3. The standard InChI is InChI=1S/C22H25ClN4O2/c1-15-20(21(23)27(25-15)17-10-6-5-7-11-17)22(28)24-14-19(26(2)3)16-9-8-12-18(13-16)29-4/h5-13,19H,14H2,1-4H3,(H,24,28). The minimum Gasteiger partial charge on any atom is -0.497 e. The third-order valence-electron chi connectivity index (χ3n) is 4.79. The zero-order valence-corrected chi connectivity index (χ0v) is 17.8. The van der Waals surface area contributed by atoms with Crippen molar-refractivity contribution in [3.8, 4) is 11.4 Å². The molecule has 0 aliphatic rings. The summed E-state index contributed by atoms with van der Waals surface area (Å²) in [7, 11) is 5.59. The number of ether oxygens (including phenoxy) is 1. The second kappa shape index (κ2) is 9.11. The van der Waals surface area contributed by atoms with Crippen molar-refractivity contribution >= 4 is 17.5 Å². The predicted molar refractivity (Wildman–Crippen MR) is 115 cm³/mol. The van der Waals surface area contributed by atoms with Gasteiger partial charge in [0, 0.05) is 6.54 Å². The Hall–Kier alpha value is -2.83. The molecule has 1 unspecified atom stereocenters. The first-order valence-electron chi connectivity index (χ1n) is 9.31. The molecule has 7 heteroatoms. The molecule has 0 fully saturated rings. The van der Waals surface area contributed by atoms with Crippen molar-refractivity contribution in [1.29, 1.82) is 0 Å². The molecule has 3 rings (SSSR count). The molecule has 29 heavy (non-hydrogen) atoms. The number of hydrogen-bond donors (Lipinski definition) is 1. The van der Waals surface area contributed by atoms with E-state index in [9.17, 15) is 4.79 Å². The Morgan fingerprint density at radius 2 is 1.93 bits per heavy atom. The monoisotopic (exact) mass is 412 g/mol. The molecule has 0 spiro atoms. The summed E-state index contributed by atoms with van der Waals surface area (Å²) >= 11 is 6.51. The predicted octanol–water partition coefficient (Wildman–Crippen LogP) is 3.88. The van der Waals surface area contributed by atoms with Crippen LogP contribution in [0.3, 0.4) is 0 Å². The number of halogens is 1. The largest absolute Gasteiger partial charge is 0.497 e. The molecule has 2 aromatic carbocycles. The maximum atomic E-state index is 12.9. The fourth-order valence-corrected chi connectivity index (χ4v) is 3.58. The average molecular weight is 413 g/mol. The van der Waals surface area contributed by atoms with Gasteiger partial charge in [-0.05, 0) is 50.8 Å². The molecule has 3 aromatic rings. The highest BCUT2D eigenvalue weighted by Gasteiger charge is 2.23. The van der Waals surface area contributed by atoms with E-state index in [-0.39, 0.29) is 11.9 Å². The number of benzene rings is 2. The SMILES string of the molecule is COc1cccc(C(CNC(=O)c2c(C)nn(-c3ccccc3)c2Cl)N(C)C)c1. The minimum atomic E-state index is -0.246. The van der Waals surface area contributed by atoms with Gasteiger partial charge in [0.25, 0.3) is 5.91 Å². The summed E-state index contributed by atoms with van der Waals surface area (Å²) in [5, 5.41) is 7.75. The van der Waals surface area contributed by atoms with Crippen molar-refractivity contribution in [2.24, 2.45) is 0 Å². The highest BCUT2D eigenvalue weighted by atomic mass is 35.5. The maximum absolute atomic E-state index is 12.9. The summed E-state index contributed by atoms with van der Waals surface area (Å²) in [6, 6.07) is 17.3. The molecule has 6 nitrogen and oxygen atoms in total. The molecule has 0 bridgehead atoms. The number of carbonyl (C=O) groups is 1. The van der Waals surface area contributed by atoms with Crippen LogP contribution in [0.1, 0.15) is 27.7 Å². The Labute approximate surface area is 176 Å². The Balaban J connectivity index is 1.80. The highest BCUT2D eigenvalue weighted by Crippen LogP contribution is 2.25. The molecule has 0 radical (unpaired) electrons. The van der Waals surface area contributed by atoms with Crippen molar-refractivity contribution in [3.05, 3.63) is 76.6 Å². The van der Waals surface area contributed by atoms with Gasteiger partial charge in [-0.25, -0.2) is 4.68 Å². The van der Waals surface area contributed by atoms with Crippen molar-refractivity contribution in [3.63, 3.8) is 0 Å². The molecule has 0 saturated heterocycles. The molecule has 0 aliphatic carbocycles. The number of amides is 1. The van der Waals surface area contributed by atoms with E-state index < -0.39 is 0 Å². The molecule has 1 amide bonds. The van der Waals surface area contributed by atoms with E-state index in [0.29, 0.717) is 23.0 Å². The molecule has 152 valence electrons. The third-order valence-corrected chi connectivity index (χ3v) is 5.14. The molecule has 1 N–H and O–H groups in total. The number of carbonyl (C=O) groups excluding carboxylic acids is 1. The fourth-order valence-electron chi connectivity index (χ4n) is 3.22. The maximum Gasteiger partial charge on any atom is 0.256 e. The van der Waals surface area contributed by atoms with Crippen LogP contribution in [0.2, 0.25) is 5.15 Å². The normalized spacial score (nSPS) is 12.1. The van der Waals surface area contributed by atoms with Crippen molar-refractivity contribution in [2.75, 3.05) is 27.7 Å². The third kappa shape index (κ3) is 4.60. The number of likely N-dealkylation sites (N-methyl/N-ethyl adjacent to an activating group) is 1. The molecular weight excluding hydrogens is 388 g/mol. The van der Waals surface area contributed by atoms with Gasteiger partial charge in [-0.3, -0.25) is 4.79 Å². The van der Waals surface area contributed by atoms with E-state index in [1.807, 2.05) is 68.7 Å². The van der Waals surface area contributed by atoms with Crippen LogP contribution in [0.4, 0.5) is 0 Å². The van der Waals surface area contributed by atoms with Gasteiger partial charge >= 0.3 is 0 Å². The van der Waals surface area contributed by atoms with Crippen molar-refractivity contribution in [1.82, 2.24) is 20.0 Å². The second-order valence-corrected chi connectivity index (χ2v) is 7.32. The van der Waals surface area contributed by atoms with Crippen molar-refractivity contribution in [2.45, 2.75) is 13.0 Å². The second-order valence-electron chi connectivity index (χ2n) is 6.96. The average Bonchev–Trinajstić information content (AvgIpc) is 3.02. The van der Waals surface area contributed by atoms with Crippen LogP contribution in [0.15, 0.2) is 54.6 Å². The summed E-state index contributed by atoms with van der Waals surface area (Å²) in [6.45, 7) is 2.21. The topological polar surface area (TPSA) is 59.4 Å². The zero-order valence-electron chi connectivity index (χ0n) is 17.0. The fraction of sp³-hybridized carbons (Fsp3) is 0.273. The van der Waals surface area contributed by atoms with Crippen LogP contribution in [0.5, 0.6) is 5.75 Å². The quantitative estimate of drug-likeness (QED) is 0.639. The number of methoxy groups -OCH3 is 1. The van der Waals surface area contributed by atoms with Crippen molar-refractivity contribution < 1.29 is 9.53 Å². The van der Waals surface area contributed by atoms with Gasteiger partial charge in [0.1, 0.15) is 10.9 Å². The van der Waals surface area contributed by atoms with Crippen LogP contribution < -0.4 is 10.1 Å². The number of para-hydroxylation sites is 1. The van der Waals surface area contributed by atoms with Gasteiger partial charge in [-0.2, -0.15) is 5.10 Å². The lowest BCUT2D eigenvalue weighted by molar-refractivity contribution is 0.0941. The Kier molecular flexibility index (Phi) is 6.56.